The fraction of sp³-hybridized carbons (Fsp3) is 0.0588. The molecule has 0 saturated carbocycles. The van der Waals surface area contributed by atoms with E-state index < -0.39 is 0 Å². The monoisotopic (exact) mass is 331 g/mol. The molecule has 0 unspecified atom stereocenters. The molecule has 0 aliphatic heterocycles. The molecule has 5 heteroatoms. The molecule has 0 saturated heterocycles. The maximum absolute atomic E-state index is 10.9. The Kier molecular flexibility index (Phi) is 5.21. The Hall–Kier alpha value is -2.28. The molecule has 2 aromatic carbocycles. The van der Waals surface area contributed by atoms with E-state index in [1.807, 2.05) is 0 Å². The molecular weight excluding hydrogens is 321 g/mol. The van der Waals surface area contributed by atoms with Crippen molar-refractivity contribution in [2.75, 3.05) is 0 Å². The summed E-state index contributed by atoms with van der Waals surface area (Å²) in [7, 11) is 0. The standard InChI is InChI=1S/C17H11Cl2NO2/c1-11(21)22-15-5-2-12(3-6-15)8-14(10-20)13-4-7-16(18)17(19)9-13/h2-9H,1H3/b14-8+. The highest BCUT2D eigenvalue weighted by Crippen LogP contribution is 2.27. The fourth-order valence-electron chi connectivity index (χ4n) is 1.81. The molecule has 0 aliphatic rings. The first-order chi connectivity index (χ1) is 10.5. The summed E-state index contributed by atoms with van der Waals surface area (Å²) in [6, 6.07) is 14.0. The van der Waals surface area contributed by atoms with Crippen molar-refractivity contribution >= 4 is 40.8 Å². The van der Waals surface area contributed by atoms with Gasteiger partial charge in [0.1, 0.15) is 5.75 Å². The van der Waals surface area contributed by atoms with Crippen LogP contribution in [0, 0.1) is 11.3 Å². The van der Waals surface area contributed by atoms with Gasteiger partial charge in [0.05, 0.1) is 21.7 Å². The molecule has 0 aromatic heterocycles. The third-order valence-electron chi connectivity index (χ3n) is 2.80. The van der Waals surface area contributed by atoms with Crippen LogP contribution in [-0.2, 0) is 4.79 Å². The first-order valence-corrected chi connectivity index (χ1v) is 7.11. The van der Waals surface area contributed by atoms with Crippen LogP contribution in [0.4, 0.5) is 0 Å². The third kappa shape index (κ3) is 4.11. The van der Waals surface area contributed by atoms with Crippen molar-refractivity contribution < 1.29 is 9.53 Å². The van der Waals surface area contributed by atoms with E-state index in [9.17, 15) is 10.1 Å². The van der Waals surface area contributed by atoms with Crippen LogP contribution in [0.15, 0.2) is 42.5 Å². The number of carbonyl (C=O) groups excluding carboxylic acids is 1. The van der Waals surface area contributed by atoms with E-state index in [0.717, 1.165) is 5.56 Å². The van der Waals surface area contributed by atoms with Gasteiger partial charge in [-0.05, 0) is 41.5 Å². The summed E-state index contributed by atoms with van der Waals surface area (Å²) < 4.78 is 4.96. The SMILES string of the molecule is CC(=O)Oc1ccc(/C=C(\C#N)c2ccc(Cl)c(Cl)c2)cc1. The van der Waals surface area contributed by atoms with Crippen molar-refractivity contribution in [1.82, 2.24) is 0 Å². The minimum Gasteiger partial charge on any atom is -0.427 e. The van der Waals surface area contributed by atoms with Crippen molar-refractivity contribution in [3.05, 3.63) is 63.6 Å². The first-order valence-electron chi connectivity index (χ1n) is 6.35. The molecule has 0 N–H and O–H groups in total. The summed E-state index contributed by atoms with van der Waals surface area (Å²) in [5, 5.41) is 10.1. The van der Waals surface area contributed by atoms with Gasteiger partial charge in [-0.15, -0.1) is 0 Å². The van der Waals surface area contributed by atoms with Gasteiger partial charge in [0.2, 0.25) is 0 Å². The number of rotatable bonds is 3. The lowest BCUT2D eigenvalue weighted by Crippen LogP contribution is -2.00. The van der Waals surface area contributed by atoms with Crippen LogP contribution in [0.1, 0.15) is 18.1 Å². The Morgan fingerprint density at radius 3 is 2.36 bits per heavy atom. The Balaban J connectivity index is 2.30. The van der Waals surface area contributed by atoms with Crippen molar-refractivity contribution in [3.63, 3.8) is 0 Å². The normalized spacial score (nSPS) is 10.9. The van der Waals surface area contributed by atoms with E-state index in [2.05, 4.69) is 6.07 Å². The van der Waals surface area contributed by atoms with Gasteiger partial charge in [-0.25, -0.2) is 0 Å². The molecule has 0 fully saturated rings. The number of nitriles is 1. The van der Waals surface area contributed by atoms with Crippen LogP contribution in [0.3, 0.4) is 0 Å². The molecule has 0 radical (unpaired) electrons. The largest absolute Gasteiger partial charge is 0.427 e. The number of allylic oxidation sites excluding steroid dienone is 1. The average molecular weight is 332 g/mol. The van der Waals surface area contributed by atoms with Gasteiger partial charge in [-0.1, -0.05) is 41.4 Å². The predicted octanol–water partition coefficient (Wildman–Crippen LogP) is 4.98. The summed E-state index contributed by atoms with van der Waals surface area (Å²) in [6.45, 7) is 1.34. The second-order valence-electron chi connectivity index (χ2n) is 4.46. The molecule has 0 bridgehead atoms. The highest BCUT2D eigenvalue weighted by Gasteiger charge is 2.05. The lowest BCUT2D eigenvalue weighted by atomic mass is 10.0. The van der Waals surface area contributed by atoms with Crippen molar-refractivity contribution in [2.45, 2.75) is 6.92 Å². The number of hydrogen-bond donors (Lipinski definition) is 0. The predicted molar refractivity (Wildman–Crippen MR) is 87.7 cm³/mol. The Labute approximate surface area is 138 Å². The highest BCUT2D eigenvalue weighted by atomic mass is 35.5. The van der Waals surface area contributed by atoms with E-state index in [4.69, 9.17) is 27.9 Å². The second-order valence-corrected chi connectivity index (χ2v) is 5.28. The van der Waals surface area contributed by atoms with Crippen LogP contribution >= 0.6 is 23.2 Å². The quantitative estimate of drug-likeness (QED) is 0.345. The zero-order valence-electron chi connectivity index (χ0n) is 11.6. The zero-order valence-corrected chi connectivity index (χ0v) is 13.2. The number of carbonyl (C=O) groups is 1. The third-order valence-corrected chi connectivity index (χ3v) is 3.54. The summed E-state index contributed by atoms with van der Waals surface area (Å²) in [6.07, 6.45) is 1.72. The number of nitrogens with zero attached hydrogens (tertiary/aromatic N) is 1. The van der Waals surface area contributed by atoms with E-state index in [-0.39, 0.29) is 5.97 Å². The summed E-state index contributed by atoms with van der Waals surface area (Å²) in [5.74, 6) is 0.0782. The van der Waals surface area contributed by atoms with Crippen LogP contribution < -0.4 is 4.74 Å². The zero-order chi connectivity index (χ0) is 16.1. The van der Waals surface area contributed by atoms with Gasteiger partial charge in [-0.3, -0.25) is 4.79 Å². The number of benzene rings is 2. The van der Waals surface area contributed by atoms with Crippen molar-refractivity contribution in [2.24, 2.45) is 0 Å². The van der Waals surface area contributed by atoms with Gasteiger partial charge in [0.25, 0.3) is 0 Å². The van der Waals surface area contributed by atoms with E-state index in [1.165, 1.54) is 6.92 Å². The van der Waals surface area contributed by atoms with E-state index in [0.29, 0.717) is 26.9 Å². The number of ether oxygens (including phenoxy) is 1. The molecular formula is C17H11Cl2NO2. The van der Waals surface area contributed by atoms with Crippen molar-refractivity contribution in [1.29, 1.82) is 5.26 Å². The minimum absolute atomic E-state index is 0.378. The van der Waals surface area contributed by atoms with Crippen LogP contribution in [0.2, 0.25) is 10.0 Å². The number of halogens is 2. The fourth-order valence-corrected chi connectivity index (χ4v) is 2.11. The van der Waals surface area contributed by atoms with Crippen LogP contribution in [0.25, 0.3) is 11.6 Å². The summed E-state index contributed by atoms with van der Waals surface area (Å²) in [5.41, 5.74) is 1.94. The Morgan fingerprint density at radius 2 is 1.82 bits per heavy atom. The maximum Gasteiger partial charge on any atom is 0.308 e. The van der Waals surface area contributed by atoms with E-state index >= 15 is 0 Å². The van der Waals surface area contributed by atoms with Crippen molar-refractivity contribution in [3.8, 4) is 11.8 Å². The second kappa shape index (κ2) is 7.13. The Morgan fingerprint density at radius 1 is 1.14 bits per heavy atom. The Bertz CT molecular complexity index is 774. The average Bonchev–Trinajstić information content (AvgIpc) is 2.49. The van der Waals surface area contributed by atoms with Crippen LogP contribution in [0.5, 0.6) is 5.75 Å². The minimum atomic E-state index is -0.378. The molecule has 0 spiro atoms. The van der Waals surface area contributed by atoms with Gasteiger partial charge in [0.15, 0.2) is 0 Å². The smallest absolute Gasteiger partial charge is 0.308 e. The highest BCUT2D eigenvalue weighted by molar-refractivity contribution is 6.42. The molecule has 110 valence electrons. The molecule has 2 aromatic rings. The molecule has 2 rings (SSSR count). The summed E-state index contributed by atoms with van der Waals surface area (Å²) in [4.78, 5) is 10.9. The summed E-state index contributed by atoms with van der Waals surface area (Å²) >= 11 is 11.8. The lowest BCUT2D eigenvalue weighted by Gasteiger charge is -2.03. The van der Waals surface area contributed by atoms with Gasteiger partial charge in [-0.2, -0.15) is 5.26 Å². The molecule has 0 amide bonds. The topological polar surface area (TPSA) is 50.1 Å². The van der Waals surface area contributed by atoms with Gasteiger partial charge in [0, 0.05) is 6.92 Å². The van der Waals surface area contributed by atoms with Crippen LogP contribution in [-0.4, -0.2) is 5.97 Å². The van der Waals surface area contributed by atoms with E-state index in [1.54, 1.807) is 48.5 Å². The van der Waals surface area contributed by atoms with Gasteiger partial charge < -0.3 is 4.74 Å². The molecule has 22 heavy (non-hydrogen) atoms. The molecule has 0 atom stereocenters. The molecule has 3 nitrogen and oxygen atoms in total. The number of esters is 1. The first kappa shape index (κ1) is 16.1. The van der Waals surface area contributed by atoms with Gasteiger partial charge >= 0.3 is 5.97 Å². The lowest BCUT2D eigenvalue weighted by molar-refractivity contribution is -0.131. The molecule has 0 aliphatic carbocycles. The number of hydrogen-bond acceptors (Lipinski definition) is 3. The molecule has 0 heterocycles. The maximum atomic E-state index is 10.9.